The summed E-state index contributed by atoms with van der Waals surface area (Å²) in [7, 11) is 0. The fraction of sp³-hybridized carbons (Fsp3) is 0.667. The molecule has 0 aliphatic heterocycles. The molecule has 13 heavy (non-hydrogen) atoms. The van der Waals surface area contributed by atoms with Crippen molar-refractivity contribution in [2.24, 2.45) is 5.73 Å². The van der Waals surface area contributed by atoms with E-state index in [1.165, 1.54) is 0 Å². The molecule has 1 unspecified atom stereocenters. The summed E-state index contributed by atoms with van der Waals surface area (Å²) in [6, 6.07) is 0.0205. The third-order valence-electron chi connectivity index (χ3n) is 2.17. The number of nitrogens with zero attached hydrogens (tertiary/aromatic N) is 2. The van der Waals surface area contributed by atoms with Crippen LogP contribution in [0.15, 0.2) is 6.20 Å². The number of aromatic nitrogens is 2. The molecule has 0 aliphatic carbocycles. The van der Waals surface area contributed by atoms with Gasteiger partial charge in [-0.1, -0.05) is 0 Å². The van der Waals surface area contributed by atoms with Crippen LogP contribution in [0.3, 0.4) is 0 Å². The van der Waals surface area contributed by atoms with Crippen molar-refractivity contribution < 1.29 is 5.11 Å². The highest BCUT2D eigenvalue weighted by molar-refractivity contribution is 5.20. The molecule has 0 saturated carbocycles. The molecule has 1 heterocycles. The Bertz CT molecular complexity index is 280. The SMILES string of the molecule is Cc1c(C(N)CO)cnn1C(C)C. The molecule has 0 aromatic carbocycles. The molecular formula is C9H17N3O. The van der Waals surface area contributed by atoms with E-state index in [1.807, 2.05) is 11.6 Å². The molecule has 1 atom stereocenters. The van der Waals surface area contributed by atoms with Gasteiger partial charge >= 0.3 is 0 Å². The summed E-state index contributed by atoms with van der Waals surface area (Å²) in [6.07, 6.45) is 1.73. The molecule has 4 heteroatoms. The van der Waals surface area contributed by atoms with E-state index in [9.17, 15) is 0 Å². The first-order chi connectivity index (χ1) is 6.07. The van der Waals surface area contributed by atoms with Gasteiger partial charge in [0.1, 0.15) is 0 Å². The van der Waals surface area contributed by atoms with Crippen LogP contribution in [0.4, 0.5) is 0 Å². The third-order valence-corrected chi connectivity index (χ3v) is 2.17. The smallest absolute Gasteiger partial charge is 0.0625 e. The Balaban J connectivity index is 2.99. The van der Waals surface area contributed by atoms with Crippen LogP contribution in [-0.2, 0) is 0 Å². The highest BCUT2D eigenvalue weighted by Crippen LogP contribution is 2.17. The molecule has 3 N–H and O–H groups in total. The number of hydrogen-bond donors (Lipinski definition) is 2. The second-order valence-corrected chi connectivity index (χ2v) is 3.51. The van der Waals surface area contributed by atoms with Gasteiger partial charge in [-0.15, -0.1) is 0 Å². The molecule has 1 aromatic heterocycles. The molecule has 4 nitrogen and oxygen atoms in total. The van der Waals surface area contributed by atoms with E-state index >= 15 is 0 Å². The molecule has 0 radical (unpaired) electrons. The molecule has 0 fully saturated rings. The van der Waals surface area contributed by atoms with Crippen LogP contribution in [0.1, 0.15) is 37.2 Å². The van der Waals surface area contributed by atoms with E-state index < -0.39 is 0 Å². The average molecular weight is 183 g/mol. The lowest BCUT2D eigenvalue weighted by molar-refractivity contribution is 0.267. The Morgan fingerprint density at radius 3 is 2.62 bits per heavy atom. The normalized spacial score (nSPS) is 13.7. The van der Waals surface area contributed by atoms with Gasteiger partial charge in [-0.2, -0.15) is 5.10 Å². The summed E-state index contributed by atoms with van der Waals surface area (Å²) in [6.45, 7) is 6.06. The lowest BCUT2D eigenvalue weighted by atomic mass is 10.1. The lowest BCUT2D eigenvalue weighted by Gasteiger charge is -2.11. The van der Waals surface area contributed by atoms with Crippen molar-refractivity contribution in [3.8, 4) is 0 Å². The Hall–Kier alpha value is -0.870. The first-order valence-corrected chi connectivity index (χ1v) is 4.48. The number of rotatable bonds is 3. The summed E-state index contributed by atoms with van der Waals surface area (Å²) < 4.78 is 1.91. The van der Waals surface area contributed by atoms with Gasteiger partial charge < -0.3 is 10.8 Å². The Labute approximate surface area is 78.4 Å². The van der Waals surface area contributed by atoms with Gasteiger partial charge in [0.2, 0.25) is 0 Å². The van der Waals surface area contributed by atoms with Crippen LogP contribution in [0.25, 0.3) is 0 Å². The van der Waals surface area contributed by atoms with Crippen molar-refractivity contribution in [1.82, 2.24) is 9.78 Å². The number of hydrogen-bond acceptors (Lipinski definition) is 3. The van der Waals surface area contributed by atoms with Crippen molar-refractivity contribution in [1.29, 1.82) is 0 Å². The molecular weight excluding hydrogens is 166 g/mol. The van der Waals surface area contributed by atoms with Crippen molar-refractivity contribution >= 4 is 0 Å². The summed E-state index contributed by atoms with van der Waals surface area (Å²) in [5, 5.41) is 13.1. The summed E-state index contributed by atoms with van der Waals surface area (Å²) in [5.41, 5.74) is 7.67. The van der Waals surface area contributed by atoms with Crippen LogP contribution in [0.5, 0.6) is 0 Å². The topological polar surface area (TPSA) is 64.1 Å². The van der Waals surface area contributed by atoms with E-state index in [1.54, 1.807) is 6.20 Å². The Morgan fingerprint density at radius 2 is 2.23 bits per heavy atom. The van der Waals surface area contributed by atoms with Crippen LogP contribution in [0.2, 0.25) is 0 Å². The molecule has 0 spiro atoms. The van der Waals surface area contributed by atoms with Crippen LogP contribution in [0, 0.1) is 6.92 Å². The van der Waals surface area contributed by atoms with E-state index in [0.717, 1.165) is 11.3 Å². The Morgan fingerprint density at radius 1 is 1.62 bits per heavy atom. The van der Waals surface area contributed by atoms with Crippen molar-refractivity contribution in [2.45, 2.75) is 32.9 Å². The van der Waals surface area contributed by atoms with Crippen LogP contribution >= 0.6 is 0 Å². The minimum absolute atomic E-state index is 0.0371. The predicted octanol–water partition coefficient (Wildman–Crippen LogP) is 0.765. The maximum absolute atomic E-state index is 8.90. The Kier molecular flexibility index (Phi) is 3.06. The van der Waals surface area contributed by atoms with Gasteiger partial charge in [-0.05, 0) is 20.8 Å². The minimum Gasteiger partial charge on any atom is -0.394 e. The zero-order chi connectivity index (χ0) is 10.0. The second-order valence-electron chi connectivity index (χ2n) is 3.51. The zero-order valence-electron chi connectivity index (χ0n) is 8.36. The fourth-order valence-corrected chi connectivity index (χ4v) is 1.42. The van der Waals surface area contributed by atoms with Gasteiger partial charge in [-0.3, -0.25) is 4.68 Å². The lowest BCUT2D eigenvalue weighted by Crippen LogP contribution is -2.15. The highest BCUT2D eigenvalue weighted by Gasteiger charge is 2.13. The third kappa shape index (κ3) is 1.89. The quantitative estimate of drug-likeness (QED) is 0.727. The molecule has 74 valence electrons. The van der Waals surface area contributed by atoms with Crippen LogP contribution < -0.4 is 5.73 Å². The molecule has 0 aliphatic rings. The van der Waals surface area contributed by atoms with Gasteiger partial charge in [0, 0.05) is 17.3 Å². The van der Waals surface area contributed by atoms with Gasteiger partial charge in [0.15, 0.2) is 0 Å². The molecule has 0 saturated heterocycles. The molecule has 1 aromatic rings. The first kappa shape index (κ1) is 10.2. The minimum atomic E-state index is -0.313. The highest BCUT2D eigenvalue weighted by atomic mass is 16.3. The zero-order valence-corrected chi connectivity index (χ0v) is 8.36. The monoisotopic (exact) mass is 183 g/mol. The summed E-state index contributed by atoms with van der Waals surface area (Å²) >= 11 is 0. The first-order valence-electron chi connectivity index (χ1n) is 4.48. The number of aliphatic hydroxyl groups is 1. The van der Waals surface area contributed by atoms with Crippen molar-refractivity contribution in [3.63, 3.8) is 0 Å². The predicted molar refractivity (Wildman–Crippen MR) is 51.4 cm³/mol. The fourth-order valence-electron chi connectivity index (χ4n) is 1.42. The second kappa shape index (κ2) is 3.89. The van der Waals surface area contributed by atoms with E-state index in [2.05, 4.69) is 18.9 Å². The standard InChI is InChI=1S/C9H17N3O/c1-6(2)12-7(3)8(4-11-12)9(10)5-13/h4,6,9,13H,5,10H2,1-3H3. The maximum Gasteiger partial charge on any atom is 0.0625 e. The molecule has 0 bridgehead atoms. The molecule has 1 rings (SSSR count). The average Bonchev–Trinajstić information content (AvgIpc) is 2.46. The van der Waals surface area contributed by atoms with Crippen molar-refractivity contribution in [3.05, 3.63) is 17.5 Å². The van der Waals surface area contributed by atoms with Crippen molar-refractivity contribution in [2.75, 3.05) is 6.61 Å². The maximum atomic E-state index is 8.90. The van der Waals surface area contributed by atoms with Gasteiger partial charge in [0.05, 0.1) is 18.8 Å². The largest absolute Gasteiger partial charge is 0.394 e. The van der Waals surface area contributed by atoms with Gasteiger partial charge in [-0.25, -0.2) is 0 Å². The number of aliphatic hydroxyl groups excluding tert-OH is 1. The molecule has 0 amide bonds. The van der Waals surface area contributed by atoms with E-state index in [0.29, 0.717) is 6.04 Å². The van der Waals surface area contributed by atoms with E-state index in [-0.39, 0.29) is 12.6 Å². The van der Waals surface area contributed by atoms with Gasteiger partial charge in [0.25, 0.3) is 0 Å². The number of nitrogens with two attached hydrogens (primary N) is 1. The van der Waals surface area contributed by atoms with E-state index in [4.69, 9.17) is 10.8 Å². The summed E-state index contributed by atoms with van der Waals surface area (Å²) in [4.78, 5) is 0. The summed E-state index contributed by atoms with van der Waals surface area (Å²) in [5.74, 6) is 0. The van der Waals surface area contributed by atoms with Crippen LogP contribution in [-0.4, -0.2) is 21.5 Å².